The molecule has 6 nitrogen and oxygen atoms in total. The zero-order valence-corrected chi connectivity index (χ0v) is 18.6. The van der Waals surface area contributed by atoms with E-state index in [-0.39, 0.29) is 17.4 Å². The monoisotopic (exact) mass is 432 g/mol. The minimum Gasteiger partial charge on any atom is -0.404 e. The lowest BCUT2D eigenvalue weighted by Crippen LogP contribution is -2.36. The number of rotatable bonds is 6. The molecule has 5 N–H and O–H groups in total. The van der Waals surface area contributed by atoms with Crippen molar-refractivity contribution in [2.24, 2.45) is 22.1 Å². The molecule has 1 fully saturated rings. The number of fused-ring (bicyclic) bond motifs is 1. The van der Waals surface area contributed by atoms with Gasteiger partial charge in [0.25, 0.3) is 0 Å². The Balaban J connectivity index is 1.60. The zero-order chi connectivity index (χ0) is 22.6. The lowest BCUT2D eigenvalue weighted by Gasteiger charge is -2.39. The molecule has 0 radical (unpaired) electrons. The highest BCUT2D eigenvalue weighted by Gasteiger charge is 2.46. The minimum atomic E-state index is -0.505. The van der Waals surface area contributed by atoms with Crippen LogP contribution in [-0.2, 0) is 4.79 Å². The lowest BCUT2D eigenvalue weighted by atomic mass is 9.66. The molecule has 2 aliphatic carbocycles. The first-order valence-corrected chi connectivity index (χ1v) is 11.3. The molecule has 3 atom stereocenters. The van der Waals surface area contributed by atoms with Crippen molar-refractivity contribution < 1.29 is 9.90 Å². The Hall–Kier alpha value is -3.12. The molecular formula is C26H32N4O2. The number of aliphatic hydroxyl groups excluding tert-OH is 1. The highest BCUT2D eigenvalue weighted by atomic mass is 16.3. The van der Waals surface area contributed by atoms with E-state index >= 15 is 0 Å². The number of allylic oxidation sites excluding steroid dienone is 4. The molecule has 1 heterocycles. The summed E-state index contributed by atoms with van der Waals surface area (Å²) in [6.07, 6.45) is 13.6. The summed E-state index contributed by atoms with van der Waals surface area (Å²) < 4.78 is 0. The maximum Gasteiger partial charge on any atom is 0.246 e. The quantitative estimate of drug-likeness (QED) is 0.554. The fraction of sp³-hybridized carbons (Fsp3) is 0.385. The van der Waals surface area contributed by atoms with E-state index in [0.29, 0.717) is 5.92 Å². The van der Waals surface area contributed by atoms with Gasteiger partial charge in [0, 0.05) is 12.7 Å². The van der Waals surface area contributed by atoms with E-state index < -0.39 is 6.61 Å². The number of hydrogen-bond donors (Lipinski definition) is 4. The Bertz CT molecular complexity index is 1010. The van der Waals surface area contributed by atoms with E-state index in [1.54, 1.807) is 6.20 Å². The van der Waals surface area contributed by atoms with Gasteiger partial charge in [-0.1, -0.05) is 48.9 Å². The van der Waals surface area contributed by atoms with E-state index in [1.807, 2.05) is 42.6 Å². The number of dihydropyridines is 1. The van der Waals surface area contributed by atoms with Crippen LogP contribution < -0.4 is 16.4 Å². The molecule has 1 aliphatic heterocycles. The molecule has 1 saturated carbocycles. The van der Waals surface area contributed by atoms with Crippen LogP contribution in [0.25, 0.3) is 0 Å². The van der Waals surface area contributed by atoms with Crippen LogP contribution in [0.3, 0.4) is 0 Å². The first-order chi connectivity index (χ1) is 15.5. The van der Waals surface area contributed by atoms with Crippen molar-refractivity contribution in [1.29, 1.82) is 0 Å². The minimum absolute atomic E-state index is 0.0315. The third-order valence-electron chi connectivity index (χ3n) is 7.02. The van der Waals surface area contributed by atoms with Crippen LogP contribution in [-0.4, -0.2) is 29.9 Å². The topological polar surface area (TPSA) is 99.7 Å². The fourth-order valence-electron chi connectivity index (χ4n) is 5.22. The van der Waals surface area contributed by atoms with Gasteiger partial charge in [-0.3, -0.25) is 4.79 Å². The second-order valence-corrected chi connectivity index (χ2v) is 8.99. The normalized spacial score (nSPS) is 28.0. The third kappa shape index (κ3) is 4.55. The van der Waals surface area contributed by atoms with Gasteiger partial charge in [-0.25, -0.2) is 4.99 Å². The van der Waals surface area contributed by atoms with Crippen LogP contribution >= 0.6 is 0 Å². The molecule has 0 saturated heterocycles. The van der Waals surface area contributed by atoms with Gasteiger partial charge >= 0.3 is 0 Å². The van der Waals surface area contributed by atoms with Crippen molar-refractivity contribution >= 4 is 11.6 Å². The number of nitrogens with one attached hydrogen (secondary N) is 2. The molecule has 0 aromatic heterocycles. The molecule has 0 spiro atoms. The number of hydrogen-bond acceptors (Lipinski definition) is 5. The molecule has 1 aromatic carbocycles. The lowest BCUT2D eigenvalue weighted by molar-refractivity contribution is -0.124. The van der Waals surface area contributed by atoms with E-state index in [0.717, 1.165) is 54.8 Å². The predicted octanol–water partition coefficient (Wildman–Crippen LogP) is 3.26. The van der Waals surface area contributed by atoms with Crippen LogP contribution in [0.4, 0.5) is 0 Å². The van der Waals surface area contributed by atoms with Gasteiger partial charge in [-0.15, -0.1) is 0 Å². The second kappa shape index (κ2) is 9.57. The Morgan fingerprint density at radius 2 is 2.22 bits per heavy atom. The Morgan fingerprint density at radius 1 is 1.41 bits per heavy atom. The number of amides is 1. The number of aliphatic imine (C=N–C) groups is 1. The second-order valence-electron chi connectivity index (χ2n) is 8.99. The smallest absolute Gasteiger partial charge is 0.246 e. The molecule has 1 unspecified atom stereocenters. The molecule has 168 valence electrons. The Morgan fingerprint density at radius 3 is 2.91 bits per heavy atom. The average Bonchev–Trinajstić information content (AvgIpc) is 3.14. The van der Waals surface area contributed by atoms with Crippen LogP contribution in [0, 0.1) is 11.3 Å². The van der Waals surface area contributed by atoms with Crippen molar-refractivity contribution in [3.8, 4) is 0 Å². The summed E-state index contributed by atoms with van der Waals surface area (Å²) in [6, 6.07) is 9.87. The molecule has 0 bridgehead atoms. The summed E-state index contributed by atoms with van der Waals surface area (Å²) in [6.45, 7) is 2.63. The highest BCUT2D eigenvalue weighted by molar-refractivity contribution is 6.10. The van der Waals surface area contributed by atoms with Gasteiger partial charge in [0.2, 0.25) is 5.91 Å². The van der Waals surface area contributed by atoms with Crippen LogP contribution in [0.1, 0.15) is 44.2 Å². The predicted molar refractivity (Wildman–Crippen MR) is 127 cm³/mol. The number of nitrogens with zero attached hydrogens (tertiary/aromatic N) is 1. The van der Waals surface area contributed by atoms with E-state index in [9.17, 15) is 9.90 Å². The molecule has 1 aromatic rings. The van der Waals surface area contributed by atoms with Gasteiger partial charge in [0.05, 0.1) is 17.5 Å². The molecule has 1 amide bonds. The van der Waals surface area contributed by atoms with Gasteiger partial charge in [0.1, 0.15) is 6.61 Å². The van der Waals surface area contributed by atoms with Crippen molar-refractivity contribution in [3.05, 3.63) is 83.4 Å². The summed E-state index contributed by atoms with van der Waals surface area (Å²) in [5.74, 6) is 0.0331. The number of carbonyl (C=O) groups excluding carboxylic acids is 1. The van der Waals surface area contributed by atoms with Gasteiger partial charge in [0.15, 0.2) is 0 Å². The average molecular weight is 433 g/mol. The van der Waals surface area contributed by atoms with Gasteiger partial charge in [-0.05, 0) is 66.5 Å². The number of benzene rings is 1. The van der Waals surface area contributed by atoms with Crippen LogP contribution in [0.2, 0.25) is 0 Å². The first kappa shape index (κ1) is 22.1. The largest absolute Gasteiger partial charge is 0.404 e. The molecule has 6 heteroatoms. The summed E-state index contributed by atoms with van der Waals surface area (Å²) in [4.78, 5) is 16.9. The summed E-state index contributed by atoms with van der Waals surface area (Å²) in [5.41, 5.74) is 11.4. The van der Waals surface area contributed by atoms with Gasteiger partial charge in [-0.2, -0.15) is 0 Å². The van der Waals surface area contributed by atoms with E-state index in [1.165, 1.54) is 5.57 Å². The molecular weight excluding hydrogens is 400 g/mol. The maximum absolute atomic E-state index is 12.0. The first-order valence-electron chi connectivity index (χ1n) is 11.3. The zero-order valence-electron chi connectivity index (χ0n) is 18.6. The van der Waals surface area contributed by atoms with E-state index in [2.05, 4.69) is 29.7 Å². The maximum atomic E-state index is 12.0. The molecule has 32 heavy (non-hydrogen) atoms. The number of aliphatic hydroxyl groups is 1. The van der Waals surface area contributed by atoms with Crippen molar-refractivity contribution in [2.75, 3.05) is 13.2 Å². The van der Waals surface area contributed by atoms with Crippen molar-refractivity contribution in [1.82, 2.24) is 10.6 Å². The molecule has 4 rings (SSSR count). The summed E-state index contributed by atoms with van der Waals surface area (Å²) >= 11 is 0. The summed E-state index contributed by atoms with van der Waals surface area (Å²) in [5, 5.41) is 15.5. The standard InChI is InChI=1S/C26H32N4O2/c1-26-14-19(15-27)24(29-22-8-5-11-28-16-22)13-21(26)10-9-20(26)12-23(30-25(32)17-31)18-6-3-2-4-7-18/h2-8,13,15-16,20,23,28,31H,9-12,14,17,27H2,1H3,(H,30,32)/t20-,23?,26-/m1/s1. The Kier molecular flexibility index (Phi) is 6.61. The van der Waals surface area contributed by atoms with Crippen LogP contribution in [0.15, 0.2) is 82.8 Å². The number of carbonyl (C=O) groups is 1. The van der Waals surface area contributed by atoms with Crippen LogP contribution in [0.5, 0.6) is 0 Å². The number of nitrogens with two attached hydrogens (primary N) is 1. The van der Waals surface area contributed by atoms with Crippen molar-refractivity contribution in [3.63, 3.8) is 0 Å². The molecule has 3 aliphatic rings. The van der Waals surface area contributed by atoms with E-state index in [4.69, 9.17) is 10.7 Å². The van der Waals surface area contributed by atoms with Gasteiger partial charge < -0.3 is 21.5 Å². The Labute approximate surface area is 189 Å². The fourth-order valence-corrected chi connectivity index (χ4v) is 5.22. The van der Waals surface area contributed by atoms with Crippen molar-refractivity contribution in [2.45, 2.75) is 38.6 Å². The third-order valence-corrected chi connectivity index (χ3v) is 7.02. The SMILES string of the molecule is C[C@]12CC(=CN)C(=NC3=CNCC=C3)C=C1CC[C@@H]2CC(NC(=O)CO)c1ccccc1. The highest BCUT2D eigenvalue weighted by Crippen LogP contribution is 2.56. The summed E-state index contributed by atoms with van der Waals surface area (Å²) in [7, 11) is 0.